The van der Waals surface area contributed by atoms with Crippen molar-refractivity contribution in [2.75, 3.05) is 38.6 Å². The third-order valence-corrected chi connectivity index (χ3v) is 4.74. The number of hydrogen-bond acceptors (Lipinski definition) is 4. The van der Waals surface area contributed by atoms with Gasteiger partial charge in [-0.15, -0.1) is 0 Å². The van der Waals surface area contributed by atoms with Crippen LogP contribution in [0.5, 0.6) is 0 Å². The number of anilines is 1. The van der Waals surface area contributed by atoms with Gasteiger partial charge in [0, 0.05) is 30.7 Å². The van der Waals surface area contributed by atoms with Gasteiger partial charge in [-0.3, -0.25) is 4.90 Å². The van der Waals surface area contributed by atoms with E-state index in [9.17, 15) is 9.59 Å². The minimum atomic E-state index is -0.525. The lowest BCUT2D eigenvalue weighted by atomic mass is 10.1. The highest BCUT2D eigenvalue weighted by molar-refractivity contribution is 6.31. The molecule has 0 spiro atoms. The molecule has 2 fully saturated rings. The number of fused-ring (bicyclic) bond motifs is 1. The van der Waals surface area contributed by atoms with Gasteiger partial charge in [-0.2, -0.15) is 0 Å². The van der Waals surface area contributed by atoms with Crippen LogP contribution in [-0.4, -0.2) is 61.1 Å². The van der Waals surface area contributed by atoms with Gasteiger partial charge in [-0.25, -0.2) is 9.59 Å². The number of piperazine rings is 1. The second-order valence-electron chi connectivity index (χ2n) is 5.89. The van der Waals surface area contributed by atoms with Crippen molar-refractivity contribution in [3.8, 4) is 0 Å². The quantitative estimate of drug-likeness (QED) is 0.842. The van der Waals surface area contributed by atoms with Crippen molar-refractivity contribution in [3.63, 3.8) is 0 Å². The van der Waals surface area contributed by atoms with Crippen molar-refractivity contribution in [2.45, 2.75) is 18.9 Å². The zero-order valence-corrected chi connectivity index (χ0v) is 13.8. The fourth-order valence-corrected chi connectivity index (χ4v) is 3.45. The maximum absolute atomic E-state index is 12.5. The van der Waals surface area contributed by atoms with E-state index in [0.29, 0.717) is 23.3 Å². The molecule has 0 radical (unpaired) electrons. The first-order valence-electron chi connectivity index (χ1n) is 7.76. The molecule has 0 aliphatic carbocycles. The molecule has 3 rings (SSSR count). The highest BCUT2D eigenvalue weighted by Gasteiger charge is 2.32. The molecule has 2 saturated heterocycles. The maximum atomic E-state index is 12.5. The number of methoxy groups -OCH3 is 1. The Labute approximate surface area is 140 Å². The van der Waals surface area contributed by atoms with Gasteiger partial charge in [0.05, 0.1) is 18.4 Å². The molecule has 2 aliphatic heterocycles. The minimum Gasteiger partial charge on any atom is -0.465 e. The van der Waals surface area contributed by atoms with Crippen LogP contribution in [0.4, 0.5) is 10.5 Å². The summed E-state index contributed by atoms with van der Waals surface area (Å²) in [7, 11) is 1.30. The lowest BCUT2D eigenvalue weighted by molar-refractivity contribution is 0.0602. The van der Waals surface area contributed by atoms with E-state index in [0.717, 1.165) is 26.1 Å². The summed E-state index contributed by atoms with van der Waals surface area (Å²) in [6.45, 7) is 3.46. The number of carbonyl (C=O) groups is 2. The SMILES string of the molecule is COC(=O)c1cc(Cl)ccc1NC(=O)N1CCN2CCCC2C1. The first-order valence-corrected chi connectivity index (χ1v) is 8.14. The second kappa shape index (κ2) is 6.76. The molecule has 2 aliphatic rings. The molecule has 1 aromatic carbocycles. The molecule has 1 unspecified atom stereocenters. The van der Waals surface area contributed by atoms with E-state index in [4.69, 9.17) is 16.3 Å². The first-order chi connectivity index (χ1) is 11.1. The number of ether oxygens (including phenoxy) is 1. The summed E-state index contributed by atoms with van der Waals surface area (Å²) in [6.07, 6.45) is 2.34. The summed E-state index contributed by atoms with van der Waals surface area (Å²) < 4.78 is 4.75. The van der Waals surface area contributed by atoms with Gasteiger partial charge >= 0.3 is 12.0 Å². The predicted molar refractivity (Wildman–Crippen MR) is 88.0 cm³/mol. The van der Waals surface area contributed by atoms with E-state index in [1.165, 1.54) is 19.6 Å². The predicted octanol–water partition coefficient (Wildman–Crippen LogP) is 2.44. The van der Waals surface area contributed by atoms with E-state index in [1.54, 1.807) is 12.1 Å². The Bertz CT molecular complexity index is 623. The molecule has 2 amide bonds. The van der Waals surface area contributed by atoms with Crippen LogP contribution < -0.4 is 5.32 Å². The van der Waals surface area contributed by atoms with Gasteiger partial charge in [0.25, 0.3) is 0 Å². The average molecular weight is 338 g/mol. The Morgan fingerprint density at radius 1 is 1.30 bits per heavy atom. The molecule has 0 bridgehead atoms. The summed E-state index contributed by atoms with van der Waals surface area (Å²) >= 11 is 5.93. The average Bonchev–Trinajstić information content (AvgIpc) is 3.03. The Hall–Kier alpha value is -1.79. The monoisotopic (exact) mass is 337 g/mol. The lowest BCUT2D eigenvalue weighted by Gasteiger charge is -2.37. The highest BCUT2D eigenvalue weighted by atomic mass is 35.5. The van der Waals surface area contributed by atoms with Gasteiger partial charge in [0.1, 0.15) is 0 Å². The fourth-order valence-electron chi connectivity index (χ4n) is 3.27. The number of urea groups is 1. The summed E-state index contributed by atoms with van der Waals surface area (Å²) in [5.74, 6) is -0.525. The van der Waals surface area contributed by atoms with Gasteiger partial charge < -0.3 is 15.0 Å². The second-order valence-corrected chi connectivity index (χ2v) is 6.33. The van der Waals surface area contributed by atoms with Crippen LogP contribution in [0.15, 0.2) is 18.2 Å². The smallest absolute Gasteiger partial charge is 0.340 e. The molecule has 0 saturated carbocycles. The van der Waals surface area contributed by atoms with Crippen LogP contribution in [0.3, 0.4) is 0 Å². The molecule has 0 aromatic heterocycles. The van der Waals surface area contributed by atoms with Gasteiger partial charge in [0.2, 0.25) is 0 Å². The van der Waals surface area contributed by atoms with Crippen LogP contribution in [0.2, 0.25) is 5.02 Å². The number of rotatable bonds is 2. The number of nitrogens with zero attached hydrogens (tertiary/aromatic N) is 2. The standard InChI is InChI=1S/C16H20ClN3O3/c1-23-15(21)13-9-11(17)4-5-14(13)18-16(22)20-8-7-19-6-2-3-12(19)10-20/h4-5,9,12H,2-3,6-8,10H2,1H3,(H,18,22). The molecule has 7 heteroatoms. The van der Waals surface area contributed by atoms with Crippen LogP contribution in [-0.2, 0) is 4.74 Å². The van der Waals surface area contributed by atoms with Gasteiger partial charge in [-0.1, -0.05) is 11.6 Å². The Balaban J connectivity index is 1.71. The lowest BCUT2D eigenvalue weighted by Crippen LogP contribution is -2.53. The number of benzene rings is 1. The van der Waals surface area contributed by atoms with Crippen LogP contribution in [0.1, 0.15) is 23.2 Å². The summed E-state index contributed by atoms with van der Waals surface area (Å²) in [4.78, 5) is 28.6. The Kier molecular flexibility index (Phi) is 4.73. The molecule has 1 aromatic rings. The van der Waals surface area contributed by atoms with E-state index in [2.05, 4.69) is 10.2 Å². The first kappa shape index (κ1) is 16.1. The Morgan fingerprint density at radius 2 is 2.13 bits per heavy atom. The van der Waals surface area contributed by atoms with Crippen LogP contribution in [0.25, 0.3) is 0 Å². The van der Waals surface area contributed by atoms with Crippen molar-refractivity contribution in [3.05, 3.63) is 28.8 Å². The van der Waals surface area contributed by atoms with Gasteiger partial charge in [0.15, 0.2) is 0 Å². The summed E-state index contributed by atoms with van der Waals surface area (Å²) in [5.41, 5.74) is 0.674. The maximum Gasteiger partial charge on any atom is 0.340 e. The molecule has 124 valence electrons. The van der Waals surface area contributed by atoms with Crippen molar-refractivity contribution < 1.29 is 14.3 Å². The normalized spacial score (nSPS) is 21.0. The van der Waals surface area contributed by atoms with Crippen molar-refractivity contribution in [2.24, 2.45) is 0 Å². The summed E-state index contributed by atoms with van der Waals surface area (Å²) in [6, 6.07) is 5.03. The molecule has 23 heavy (non-hydrogen) atoms. The zero-order valence-electron chi connectivity index (χ0n) is 13.0. The number of amides is 2. The third-order valence-electron chi connectivity index (χ3n) is 4.50. The van der Waals surface area contributed by atoms with Crippen LogP contribution >= 0.6 is 11.6 Å². The molecular weight excluding hydrogens is 318 g/mol. The molecule has 1 N–H and O–H groups in total. The van der Waals surface area contributed by atoms with E-state index >= 15 is 0 Å². The number of hydrogen-bond donors (Lipinski definition) is 1. The number of nitrogens with one attached hydrogen (secondary N) is 1. The van der Waals surface area contributed by atoms with E-state index in [-0.39, 0.29) is 11.6 Å². The van der Waals surface area contributed by atoms with E-state index in [1.807, 2.05) is 4.90 Å². The Morgan fingerprint density at radius 3 is 2.91 bits per heavy atom. The fraction of sp³-hybridized carbons (Fsp3) is 0.500. The number of esters is 1. The largest absolute Gasteiger partial charge is 0.465 e. The van der Waals surface area contributed by atoms with Crippen molar-refractivity contribution in [1.82, 2.24) is 9.80 Å². The van der Waals surface area contributed by atoms with Crippen molar-refractivity contribution in [1.29, 1.82) is 0 Å². The molecular formula is C16H20ClN3O3. The van der Waals surface area contributed by atoms with Gasteiger partial charge in [-0.05, 0) is 37.6 Å². The molecule has 1 atom stereocenters. The summed E-state index contributed by atoms with van der Waals surface area (Å²) in [5, 5.41) is 3.23. The zero-order chi connectivity index (χ0) is 16.4. The van der Waals surface area contributed by atoms with Crippen LogP contribution in [0, 0.1) is 0 Å². The minimum absolute atomic E-state index is 0.191. The van der Waals surface area contributed by atoms with Crippen molar-refractivity contribution >= 4 is 29.3 Å². The molecule has 2 heterocycles. The topological polar surface area (TPSA) is 61.9 Å². The number of carbonyl (C=O) groups excluding carboxylic acids is 2. The third kappa shape index (κ3) is 3.43. The number of halogens is 1. The van der Waals surface area contributed by atoms with E-state index < -0.39 is 5.97 Å². The molecule has 6 nitrogen and oxygen atoms in total. The highest BCUT2D eigenvalue weighted by Crippen LogP contribution is 2.24.